The highest BCUT2D eigenvalue weighted by Crippen LogP contribution is 2.25. The largest absolute Gasteiger partial charge is 0.478 e. The zero-order valence-corrected chi connectivity index (χ0v) is 12.8. The normalized spacial score (nSPS) is 13.4. The van der Waals surface area contributed by atoms with Gasteiger partial charge < -0.3 is 10.4 Å². The summed E-state index contributed by atoms with van der Waals surface area (Å²) >= 11 is 11.7. The predicted octanol–water partition coefficient (Wildman–Crippen LogP) is 3.59. The van der Waals surface area contributed by atoms with Crippen LogP contribution in [0.2, 0.25) is 10.0 Å². The van der Waals surface area contributed by atoms with Crippen LogP contribution in [0.5, 0.6) is 0 Å². The first kappa shape index (κ1) is 16.5. The van der Waals surface area contributed by atoms with Gasteiger partial charge in [0.15, 0.2) is 0 Å². The first-order valence-corrected chi connectivity index (χ1v) is 6.66. The van der Waals surface area contributed by atoms with Crippen LogP contribution in [0.15, 0.2) is 29.3 Å². The lowest BCUT2D eigenvalue weighted by Gasteiger charge is -2.15. The van der Waals surface area contributed by atoms with Gasteiger partial charge in [0, 0.05) is 11.1 Å². The minimum Gasteiger partial charge on any atom is -0.478 e. The van der Waals surface area contributed by atoms with Crippen LogP contribution in [-0.2, 0) is 9.59 Å². The molecule has 108 valence electrons. The third-order valence-corrected chi connectivity index (χ3v) is 3.75. The van der Waals surface area contributed by atoms with Gasteiger partial charge in [-0.2, -0.15) is 0 Å². The van der Waals surface area contributed by atoms with Crippen LogP contribution in [0.4, 0.5) is 0 Å². The van der Waals surface area contributed by atoms with Crippen molar-refractivity contribution >= 4 is 35.1 Å². The molecule has 1 rings (SSSR count). The Morgan fingerprint density at radius 2 is 1.75 bits per heavy atom. The first-order valence-electron chi connectivity index (χ1n) is 5.90. The molecule has 6 heteroatoms. The number of carboxylic acids is 1. The Labute approximate surface area is 127 Å². The molecule has 20 heavy (non-hydrogen) atoms. The fourth-order valence-electron chi connectivity index (χ4n) is 1.50. The smallest absolute Gasteiger partial charge is 0.331 e. The van der Waals surface area contributed by atoms with E-state index in [1.165, 1.54) is 13.8 Å². The molecular formula is C14H15Cl2NO3. The summed E-state index contributed by atoms with van der Waals surface area (Å²) in [6.45, 7) is 4.64. The molecule has 4 nitrogen and oxygen atoms in total. The molecule has 1 aromatic rings. The van der Waals surface area contributed by atoms with E-state index in [4.69, 9.17) is 28.3 Å². The Bertz CT molecular complexity index is 582. The van der Waals surface area contributed by atoms with Gasteiger partial charge in [-0.1, -0.05) is 29.3 Å². The minimum absolute atomic E-state index is 0.0174. The van der Waals surface area contributed by atoms with Crippen molar-refractivity contribution in [1.82, 2.24) is 5.32 Å². The maximum absolute atomic E-state index is 11.9. The molecule has 1 aromatic carbocycles. The van der Waals surface area contributed by atoms with Crippen molar-refractivity contribution in [1.29, 1.82) is 0 Å². The number of carbonyl (C=O) groups excluding carboxylic acids is 1. The molecule has 0 spiro atoms. The lowest BCUT2D eigenvalue weighted by molar-refractivity contribution is -0.133. The molecule has 0 radical (unpaired) electrons. The zero-order chi connectivity index (χ0) is 15.4. The standard InChI is InChI=1S/C14H15Cl2NO3/c1-7(8(2)14(19)20)13(18)17-9(3)10-4-5-11(15)12(16)6-10/h4-6,9H,1-3H3,(H,17,18)(H,19,20). The van der Waals surface area contributed by atoms with E-state index in [9.17, 15) is 9.59 Å². The van der Waals surface area contributed by atoms with Gasteiger partial charge in [0.1, 0.15) is 0 Å². The van der Waals surface area contributed by atoms with Crippen molar-refractivity contribution in [3.8, 4) is 0 Å². The van der Waals surface area contributed by atoms with E-state index in [0.717, 1.165) is 5.56 Å². The second kappa shape index (κ2) is 6.77. The molecule has 0 bridgehead atoms. The van der Waals surface area contributed by atoms with Crippen LogP contribution in [0.3, 0.4) is 0 Å². The number of aliphatic carboxylic acids is 1. The van der Waals surface area contributed by atoms with Gasteiger partial charge in [-0.05, 0) is 38.5 Å². The van der Waals surface area contributed by atoms with Crippen molar-refractivity contribution < 1.29 is 14.7 Å². The maximum Gasteiger partial charge on any atom is 0.331 e. The van der Waals surface area contributed by atoms with Crippen molar-refractivity contribution in [3.05, 3.63) is 45.0 Å². The summed E-state index contributed by atoms with van der Waals surface area (Å²) in [6.07, 6.45) is 0. The number of nitrogens with one attached hydrogen (secondary N) is 1. The number of carboxylic acid groups (broad SMARTS) is 1. The summed E-state index contributed by atoms with van der Waals surface area (Å²) in [7, 11) is 0. The fourth-order valence-corrected chi connectivity index (χ4v) is 1.81. The van der Waals surface area contributed by atoms with Gasteiger partial charge in [-0.15, -0.1) is 0 Å². The molecule has 0 aliphatic rings. The molecule has 0 heterocycles. The second-order valence-corrected chi connectivity index (χ2v) is 5.24. The number of carbonyl (C=O) groups is 2. The molecule has 0 saturated carbocycles. The molecule has 0 fully saturated rings. The lowest BCUT2D eigenvalue weighted by atomic mass is 10.1. The zero-order valence-electron chi connectivity index (χ0n) is 11.3. The third-order valence-electron chi connectivity index (χ3n) is 3.02. The molecule has 1 amide bonds. The number of halogens is 2. The van der Waals surface area contributed by atoms with Crippen molar-refractivity contribution in [3.63, 3.8) is 0 Å². The number of benzene rings is 1. The maximum atomic E-state index is 11.9. The van der Waals surface area contributed by atoms with E-state index in [-0.39, 0.29) is 17.2 Å². The molecule has 0 aromatic heterocycles. The van der Waals surface area contributed by atoms with Gasteiger partial charge in [0.25, 0.3) is 0 Å². The molecular weight excluding hydrogens is 301 g/mol. The highest BCUT2D eigenvalue weighted by molar-refractivity contribution is 6.42. The van der Waals surface area contributed by atoms with E-state index in [1.807, 2.05) is 0 Å². The summed E-state index contributed by atoms with van der Waals surface area (Å²) in [5.74, 6) is -1.54. The van der Waals surface area contributed by atoms with Gasteiger partial charge >= 0.3 is 5.97 Å². The highest BCUT2D eigenvalue weighted by atomic mass is 35.5. The second-order valence-electron chi connectivity index (χ2n) is 4.42. The van der Waals surface area contributed by atoms with Crippen molar-refractivity contribution in [2.24, 2.45) is 0 Å². The number of hydrogen-bond acceptors (Lipinski definition) is 2. The van der Waals surface area contributed by atoms with Gasteiger partial charge in [-0.25, -0.2) is 4.79 Å². The SMILES string of the molecule is CC(C(=O)O)=C(C)C(=O)NC(C)c1ccc(Cl)c(Cl)c1. The molecule has 0 saturated heterocycles. The number of rotatable bonds is 4. The van der Waals surface area contributed by atoms with Gasteiger partial charge in [0.05, 0.1) is 16.1 Å². The van der Waals surface area contributed by atoms with Crippen LogP contribution in [0.1, 0.15) is 32.4 Å². The number of hydrogen-bond donors (Lipinski definition) is 2. The fraction of sp³-hybridized carbons (Fsp3) is 0.286. The average molecular weight is 316 g/mol. The van der Waals surface area contributed by atoms with E-state index >= 15 is 0 Å². The van der Waals surface area contributed by atoms with E-state index in [1.54, 1.807) is 25.1 Å². The summed E-state index contributed by atoms with van der Waals surface area (Å²) in [4.78, 5) is 22.7. The van der Waals surface area contributed by atoms with Gasteiger partial charge in [0.2, 0.25) is 5.91 Å². The van der Waals surface area contributed by atoms with E-state index in [2.05, 4.69) is 5.32 Å². The summed E-state index contributed by atoms with van der Waals surface area (Å²) < 4.78 is 0. The molecule has 1 atom stereocenters. The quantitative estimate of drug-likeness (QED) is 0.834. The lowest BCUT2D eigenvalue weighted by Crippen LogP contribution is -2.28. The van der Waals surface area contributed by atoms with Crippen LogP contribution in [0, 0.1) is 0 Å². The van der Waals surface area contributed by atoms with Crippen molar-refractivity contribution in [2.45, 2.75) is 26.8 Å². The molecule has 1 unspecified atom stereocenters. The Balaban J connectivity index is 2.88. The third kappa shape index (κ3) is 3.99. The average Bonchev–Trinajstić information content (AvgIpc) is 2.39. The van der Waals surface area contributed by atoms with Gasteiger partial charge in [-0.3, -0.25) is 4.79 Å². The monoisotopic (exact) mass is 315 g/mol. The Hall–Kier alpha value is -1.52. The summed E-state index contributed by atoms with van der Waals surface area (Å²) in [5.41, 5.74) is 0.974. The highest BCUT2D eigenvalue weighted by Gasteiger charge is 2.16. The predicted molar refractivity (Wildman–Crippen MR) is 79.0 cm³/mol. The Morgan fingerprint density at radius 3 is 2.25 bits per heavy atom. The molecule has 2 N–H and O–H groups in total. The van der Waals surface area contributed by atoms with E-state index < -0.39 is 11.9 Å². The molecule has 0 aliphatic heterocycles. The van der Waals surface area contributed by atoms with Crippen molar-refractivity contribution in [2.75, 3.05) is 0 Å². The Kier molecular flexibility index (Phi) is 5.60. The van der Waals surface area contributed by atoms with Crippen LogP contribution in [-0.4, -0.2) is 17.0 Å². The topological polar surface area (TPSA) is 66.4 Å². The van der Waals surface area contributed by atoms with Crippen LogP contribution < -0.4 is 5.32 Å². The molecule has 0 aliphatic carbocycles. The van der Waals surface area contributed by atoms with Crippen LogP contribution in [0.25, 0.3) is 0 Å². The minimum atomic E-state index is -1.11. The summed E-state index contributed by atoms with van der Waals surface area (Å²) in [5, 5.41) is 12.4. The van der Waals surface area contributed by atoms with Crippen LogP contribution >= 0.6 is 23.2 Å². The van der Waals surface area contributed by atoms with E-state index in [0.29, 0.717) is 10.0 Å². The first-order chi connectivity index (χ1) is 9.23. The number of amides is 1. The summed E-state index contributed by atoms with van der Waals surface area (Å²) in [6, 6.07) is 4.75. The Morgan fingerprint density at radius 1 is 1.15 bits per heavy atom.